The molecule has 0 spiro atoms. The van der Waals surface area contributed by atoms with Crippen molar-refractivity contribution >= 4 is 18.7 Å². The quantitative estimate of drug-likeness (QED) is 0.608. The van der Waals surface area contributed by atoms with Crippen LogP contribution in [0.1, 0.15) is 5.69 Å². The maximum Gasteiger partial charge on any atom is 0.339 e. The first kappa shape index (κ1) is 8.26. The minimum atomic E-state index is -0.435. The summed E-state index contributed by atoms with van der Waals surface area (Å²) >= 11 is 0. The van der Waals surface area contributed by atoms with Crippen molar-refractivity contribution in [3.8, 4) is 0 Å². The number of hydrogen-bond donors (Lipinski definition) is 0. The minimum absolute atomic E-state index is 0.435. The van der Waals surface area contributed by atoms with Crippen LogP contribution in [0.3, 0.4) is 0 Å². The lowest BCUT2D eigenvalue weighted by atomic mass is 10.5. The molecule has 0 aliphatic rings. The fourth-order valence-electron chi connectivity index (χ4n) is 0.905. The van der Waals surface area contributed by atoms with Gasteiger partial charge in [0.1, 0.15) is 0 Å². The number of rotatable bonds is 3. The third-order valence-electron chi connectivity index (χ3n) is 1.48. The first-order valence-corrected chi connectivity index (χ1v) is 3.28. The molecule has 0 aromatic carbocycles. The predicted molar refractivity (Wildman–Crippen MR) is 47.3 cm³/mol. The summed E-state index contributed by atoms with van der Waals surface area (Å²) in [7, 11) is 0. The number of carbonyl (C=O) groups is 1. The van der Waals surface area contributed by atoms with Crippen molar-refractivity contribution in [3.05, 3.63) is 35.5 Å². The lowest BCUT2D eigenvalue weighted by Crippen LogP contribution is -2.20. The molecule has 0 radical (unpaired) electrons. The van der Waals surface area contributed by atoms with E-state index in [0.717, 1.165) is 4.57 Å². The molecule has 12 heavy (non-hydrogen) atoms. The van der Waals surface area contributed by atoms with E-state index in [1.54, 1.807) is 0 Å². The predicted octanol–water partition coefficient (Wildman–Crippen LogP) is 0.432. The van der Waals surface area contributed by atoms with Crippen LogP contribution in [0.15, 0.2) is 24.1 Å². The summed E-state index contributed by atoms with van der Waals surface area (Å²) in [5.74, 6) is 0. The van der Waals surface area contributed by atoms with Crippen molar-refractivity contribution in [1.82, 2.24) is 9.13 Å². The Kier molecular flexibility index (Phi) is 2.09. The zero-order chi connectivity index (χ0) is 9.14. The van der Waals surface area contributed by atoms with Crippen LogP contribution in [-0.2, 0) is 4.79 Å². The number of imidazole rings is 1. The van der Waals surface area contributed by atoms with Gasteiger partial charge >= 0.3 is 5.69 Å². The Morgan fingerprint density at radius 1 is 1.42 bits per heavy atom. The van der Waals surface area contributed by atoms with Crippen LogP contribution in [0.5, 0.6) is 0 Å². The molecule has 1 rings (SSSR count). The highest BCUT2D eigenvalue weighted by Gasteiger charge is 2.03. The molecule has 0 saturated carbocycles. The topological polar surface area (TPSA) is 44.0 Å². The highest BCUT2D eigenvalue weighted by atomic mass is 16.2. The zero-order valence-electron chi connectivity index (χ0n) is 6.43. The van der Waals surface area contributed by atoms with E-state index in [-0.39, 0.29) is 0 Å². The summed E-state index contributed by atoms with van der Waals surface area (Å²) in [6.45, 7) is 6.93. The summed E-state index contributed by atoms with van der Waals surface area (Å²) in [5.41, 5.74) is 0.108. The molecule has 62 valence electrons. The van der Waals surface area contributed by atoms with Gasteiger partial charge in [-0.05, 0) is 6.08 Å². The number of aromatic nitrogens is 2. The molecule has 0 N–H and O–H groups in total. The lowest BCUT2D eigenvalue weighted by Gasteiger charge is -1.90. The third kappa shape index (κ3) is 1.03. The van der Waals surface area contributed by atoms with Gasteiger partial charge < -0.3 is 0 Å². The van der Waals surface area contributed by atoms with E-state index >= 15 is 0 Å². The summed E-state index contributed by atoms with van der Waals surface area (Å²) in [5, 5.41) is 0. The third-order valence-corrected chi connectivity index (χ3v) is 1.48. The van der Waals surface area contributed by atoms with Gasteiger partial charge in [-0.2, -0.15) is 0 Å². The molecular formula is C8H8N2O2. The molecule has 1 aromatic rings. The first-order chi connectivity index (χ1) is 5.74. The van der Waals surface area contributed by atoms with Gasteiger partial charge in [0.25, 0.3) is 0 Å². The molecule has 1 heterocycles. The van der Waals surface area contributed by atoms with E-state index in [1.165, 1.54) is 23.0 Å². The minimum Gasteiger partial charge on any atom is -0.278 e. The molecule has 0 saturated heterocycles. The van der Waals surface area contributed by atoms with Crippen molar-refractivity contribution in [2.24, 2.45) is 0 Å². The summed E-state index contributed by atoms with van der Waals surface area (Å²) in [6, 6.07) is 0. The molecular weight excluding hydrogens is 156 g/mol. The van der Waals surface area contributed by atoms with Crippen molar-refractivity contribution in [2.75, 3.05) is 0 Å². The Morgan fingerprint density at radius 3 is 2.42 bits per heavy atom. The number of hydrogen-bond acceptors (Lipinski definition) is 2. The molecule has 0 atom stereocenters. The van der Waals surface area contributed by atoms with Crippen LogP contribution >= 0.6 is 0 Å². The Morgan fingerprint density at radius 2 is 2.08 bits per heavy atom. The molecule has 4 heteroatoms. The standard InChI is InChI=1S/C8H8N2O2/c1-3-7-5-9(6-11)8(12)10(7)4-2/h3-6H,1-2H2. The lowest BCUT2D eigenvalue weighted by molar-refractivity contribution is 0.545. The summed E-state index contributed by atoms with van der Waals surface area (Å²) in [6.07, 6.45) is 4.64. The molecule has 0 fully saturated rings. The fraction of sp³-hybridized carbons (Fsp3) is 0. The summed E-state index contributed by atoms with van der Waals surface area (Å²) in [4.78, 5) is 21.5. The second kappa shape index (κ2) is 3.04. The molecule has 1 aromatic heterocycles. The van der Waals surface area contributed by atoms with Crippen molar-refractivity contribution in [3.63, 3.8) is 0 Å². The van der Waals surface area contributed by atoms with Crippen molar-refractivity contribution < 1.29 is 4.79 Å². The largest absolute Gasteiger partial charge is 0.339 e. The molecule has 0 bridgehead atoms. The Hall–Kier alpha value is -1.84. The Bertz CT molecular complexity index is 384. The van der Waals surface area contributed by atoms with Gasteiger partial charge in [0, 0.05) is 12.4 Å². The van der Waals surface area contributed by atoms with Crippen LogP contribution in [0.2, 0.25) is 0 Å². The maximum atomic E-state index is 11.2. The fourth-order valence-corrected chi connectivity index (χ4v) is 0.905. The Labute approximate surface area is 69.0 Å². The van der Waals surface area contributed by atoms with Crippen molar-refractivity contribution in [1.29, 1.82) is 0 Å². The van der Waals surface area contributed by atoms with E-state index in [0.29, 0.717) is 12.1 Å². The normalized spacial score (nSPS) is 9.33. The molecule has 0 aliphatic heterocycles. The second-order valence-corrected chi connectivity index (χ2v) is 2.11. The number of carbonyl (C=O) groups excluding carboxylic acids is 1. The van der Waals surface area contributed by atoms with E-state index in [2.05, 4.69) is 13.2 Å². The van der Waals surface area contributed by atoms with E-state index in [1.807, 2.05) is 0 Å². The maximum absolute atomic E-state index is 11.2. The zero-order valence-corrected chi connectivity index (χ0v) is 6.43. The van der Waals surface area contributed by atoms with Gasteiger partial charge in [-0.1, -0.05) is 13.2 Å². The highest BCUT2D eigenvalue weighted by molar-refractivity contribution is 5.56. The van der Waals surface area contributed by atoms with Gasteiger partial charge in [0.2, 0.25) is 6.41 Å². The van der Waals surface area contributed by atoms with Gasteiger partial charge in [-0.3, -0.25) is 9.36 Å². The summed E-state index contributed by atoms with van der Waals surface area (Å²) < 4.78 is 2.17. The van der Waals surface area contributed by atoms with E-state index in [4.69, 9.17) is 0 Å². The van der Waals surface area contributed by atoms with Crippen molar-refractivity contribution in [2.45, 2.75) is 0 Å². The molecule has 4 nitrogen and oxygen atoms in total. The monoisotopic (exact) mass is 164 g/mol. The average molecular weight is 164 g/mol. The van der Waals surface area contributed by atoms with Gasteiger partial charge in [-0.25, -0.2) is 9.36 Å². The second-order valence-electron chi connectivity index (χ2n) is 2.11. The Balaban J connectivity index is 3.52. The average Bonchev–Trinajstić information content (AvgIpc) is 2.41. The number of nitrogens with zero attached hydrogens (tertiary/aromatic N) is 2. The van der Waals surface area contributed by atoms with E-state index < -0.39 is 5.69 Å². The van der Waals surface area contributed by atoms with Crippen LogP contribution in [0, 0.1) is 0 Å². The van der Waals surface area contributed by atoms with Crippen LogP contribution in [0.25, 0.3) is 12.3 Å². The smallest absolute Gasteiger partial charge is 0.278 e. The van der Waals surface area contributed by atoms with Crippen LogP contribution in [0.4, 0.5) is 0 Å². The van der Waals surface area contributed by atoms with Gasteiger partial charge in [0.05, 0.1) is 5.69 Å². The first-order valence-electron chi connectivity index (χ1n) is 3.28. The SMILES string of the molecule is C=Cc1cn(C=O)c(=O)n1C=C. The highest BCUT2D eigenvalue weighted by Crippen LogP contribution is 1.97. The molecule has 0 aliphatic carbocycles. The molecule has 0 unspecified atom stereocenters. The van der Waals surface area contributed by atoms with Crippen LogP contribution in [-0.4, -0.2) is 15.5 Å². The molecule has 0 amide bonds. The van der Waals surface area contributed by atoms with E-state index in [9.17, 15) is 9.59 Å². The van der Waals surface area contributed by atoms with Gasteiger partial charge in [-0.15, -0.1) is 0 Å². The van der Waals surface area contributed by atoms with Crippen LogP contribution < -0.4 is 5.69 Å². The van der Waals surface area contributed by atoms with Gasteiger partial charge in [0.15, 0.2) is 0 Å².